The van der Waals surface area contributed by atoms with Crippen LogP contribution in [0.3, 0.4) is 0 Å². The summed E-state index contributed by atoms with van der Waals surface area (Å²) in [5.74, 6) is 0. The van der Waals surface area contributed by atoms with Crippen LogP contribution < -0.4 is 16.9 Å². The smallest absolute Gasteiger partial charge is 0.275 e. The molecule has 0 saturated heterocycles. The Bertz CT molecular complexity index is 114. The lowest BCUT2D eigenvalue weighted by atomic mass is 11.3. The van der Waals surface area contributed by atoms with Gasteiger partial charge in [-0.25, -0.2) is 0 Å². The number of rotatable bonds is 1. The summed E-state index contributed by atoms with van der Waals surface area (Å²) in [5, 5.41) is 7.08. The van der Waals surface area contributed by atoms with Crippen LogP contribution in [0.25, 0.3) is 0 Å². The van der Waals surface area contributed by atoms with Crippen molar-refractivity contribution in [2.75, 3.05) is 7.05 Å². The van der Waals surface area contributed by atoms with E-state index in [1.165, 1.54) is 0 Å². The molecule has 0 atom stereocenters. The average Bonchev–Trinajstić information content (AvgIpc) is 1.62. The fraction of sp³-hybridized carbons (Fsp3) is 0.333. The van der Waals surface area contributed by atoms with Crippen LogP contribution in [0.4, 0.5) is 0 Å². The molecule has 10 heavy (non-hydrogen) atoms. The molecule has 60 valence electrons. The number of aliphatic hydroxyl groups excluding tert-OH is 1. The van der Waals surface area contributed by atoms with Crippen LogP contribution in [-0.2, 0) is 4.84 Å². The minimum absolute atomic E-state index is 0.0116. The maximum Gasteiger partial charge on any atom is 0.275 e. The summed E-state index contributed by atoms with van der Waals surface area (Å²) in [6.07, 6.45) is 0. The van der Waals surface area contributed by atoms with Gasteiger partial charge < -0.3 is 21.4 Å². The zero-order chi connectivity index (χ0) is 8.57. The molecule has 0 spiro atoms. The number of hydroxylamine groups is 1. The van der Waals surface area contributed by atoms with Crippen molar-refractivity contribution < 1.29 is 9.94 Å². The molecule has 0 amide bonds. The summed E-state index contributed by atoms with van der Waals surface area (Å²) in [6, 6.07) is 0. The monoisotopic (exact) mass is 183 g/mol. The van der Waals surface area contributed by atoms with Crippen molar-refractivity contribution in [3.63, 3.8) is 0 Å². The Balaban J connectivity index is 0. The third-order valence-electron chi connectivity index (χ3n) is 0.203. The van der Waals surface area contributed by atoms with E-state index >= 15 is 0 Å². The van der Waals surface area contributed by atoms with Crippen molar-refractivity contribution in [3.05, 3.63) is 0 Å². The third kappa shape index (κ3) is 53.9. The summed E-state index contributed by atoms with van der Waals surface area (Å²) < 4.78 is 0. The molecule has 0 aromatic rings. The first-order valence-electron chi connectivity index (χ1n) is 2.12. The van der Waals surface area contributed by atoms with Crippen LogP contribution >= 0.6 is 24.4 Å². The van der Waals surface area contributed by atoms with Gasteiger partial charge in [0.15, 0.2) is 0 Å². The second-order valence-electron chi connectivity index (χ2n) is 0.963. The van der Waals surface area contributed by atoms with E-state index in [1.807, 2.05) is 0 Å². The second kappa shape index (κ2) is 8.34. The molecule has 0 aliphatic carbocycles. The number of aliphatic hydroxyl groups is 1. The fourth-order valence-corrected chi connectivity index (χ4v) is 0.184. The van der Waals surface area contributed by atoms with Crippen molar-refractivity contribution >= 4 is 34.8 Å². The number of hydrogen-bond donors (Lipinski definition) is 4. The largest absolute Gasteiger partial charge is 0.487 e. The van der Waals surface area contributed by atoms with Gasteiger partial charge in [-0.2, -0.15) is 5.48 Å². The molecule has 5 nitrogen and oxygen atoms in total. The Hall–Kier alpha value is -0.660. The zero-order valence-electron chi connectivity index (χ0n) is 5.33. The molecular formula is C3H9N3O2S2. The van der Waals surface area contributed by atoms with Crippen molar-refractivity contribution in [2.45, 2.75) is 0 Å². The molecule has 0 radical (unpaired) electrons. The lowest BCUT2D eigenvalue weighted by Gasteiger charge is -1.93. The minimum Gasteiger partial charge on any atom is -0.487 e. The van der Waals surface area contributed by atoms with E-state index in [4.69, 9.17) is 10.8 Å². The van der Waals surface area contributed by atoms with Gasteiger partial charge in [-0.3, -0.25) is 0 Å². The molecule has 0 rings (SSSR count). The Morgan fingerprint density at radius 3 is 1.80 bits per heavy atom. The number of nitrogens with one attached hydrogen (secondary N) is 1. The van der Waals surface area contributed by atoms with Gasteiger partial charge in [-0.1, -0.05) is 0 Å². The van der Waals surface area contributed by atoms with Crippen molar-refractivity contribution in [1.29, 1.82) is 0 Å². The molecule has 0 aromatic carbocycles. The molecule has 0 aliphatic rings. The van der Waals surface area contributed by atoms with Gasteiger partial charge >= 0.3 is 0 Å². The van der Waals surface area contributed by atoms with Crippen molar-refractivity contribution in [1.82, 2.24) is 5.48 Å². The van der Waals surface area contributed by atoms with Crippen LogP contribution in [0.1, 0.15) is 0 Å². The Labute approximate surface area is 69.3 Å². The molecule has 6 N–H and O–H groups in total. The summed E-state index contributed by atoms with van der Waals surface area (Å²) in [6.45, 7) is 0. The maximum atomic E-state index is 7.56. The first kappa shape index (κ1) is 12.1. The van der Waals surface area contributed by atoms with Crippen molar-refractivity contribution in [3.8, 4) is 0 Å². The number of hydrogen-bond acceptors (Lipinski definition) is 4. The Morgan fingerprint density at radius 1 is 1.50 bits per heavy atom. The van der Waals surface area contributed by atoms with Gasteiger partial charge in [-0.15, -0.1) is 0 Å². The predicted octanol–water partition coefficient (Wildman–Crippen LogP) is -0.831. The minimum atomic E-state index is -0.500. The molecular weight excluding hydrogens is 174 g/mol. The highest BCUT2D eigenvalue weighted by Gasteiger charge is 1.76. The molecule has 0 aromatic heterocycles. The van der Waals surface area contributed by atoms with E-state index in [0.29, 0.717) is 0 Å². The van der Waals surface area contributed by atoms with E-state index in [2.05, 4.69) is 40.5 Å². The molecule has 0 heterocycles. The van der Waals surface area contributed by atoms with Gasteiger partial charge in [-0.05, 0) is 24.4 Å². The van der Waals surface area contributed by atoms with E-state index in [0.717, 1.165) is 0 Å². The van der Waals surface area contributed by atoms with Gasteiger partial charge in [0.1, 0.15) is 0 Å². The third-order valence-corrected chi connectivity index (χ3v) is 0.286. The first-order chi connectivity index (χ1) is 4.50. The first-order valence-corrected chi connectivity index (χ1v) is 2.93. The molecule has 0 saturated carbocycles. The quantitative estimate of drug-likeness (QED) is 0.311. The summed E-state index contributed by atoms with van der Waals surface area (Å²) in [4.78, 5) is 4.30. The molecule has 0 fully saturated rings. The summed E-state index contributed by atoms with van der Waals surface area (Å²) in [5.41, 5.74) is 11.5. The van der Waals surface area contributed by atoms with Crippen LogP contribution in [-0.4, -0.2) is 22.5 Å². The van der Waals surface area contributed by atoms with E-state index in [9.17, 15) is 0 Å². The Morgan fingerprint density at radius 2 is 1.80 bits per heavy atom. The van der Waals surface area contributed by atoms with Crippen molar-refractivity contribution in [2.24, 2.45) is 11.5 Å². The van der Waals surface area contributed by atoms with Crippen LogP contribution in [0, 0.1) is 0 Å². The maximum absolute atomic E-state index is 7.56. The topological polar surface area (TPSA) is 93.5 Å². The highest BCUT2D eigenvalue weighted by molar-refractivity contribution is 7.80. The zero-order valence-corrected chi connectivity index (χ0v) is 6.96. The fourth-order valence-electron chi connectivity index (χ4n) is 0.101. The predicted molar refractivity (Wildman–Crippen MR) is 46.3 cm³/mol. The summed E-state index contributed by atoms with van der Waals surface area (Å²) in [7, 11) is 1.58. The van der Waals surface area contributed by atoms with Gasteiger partial charge in [0.2, 0.25) is 0 Å². The van der Waals surface area contributed by atoms with Gasteiger partial charge in [0.05, 0.1) is 0 Å². The molecule has 0 unspecified atom stereocenters. The molecule has 0 bridgehead atoms. The SMILES string of the molecule is CNOC(N)=S.NC(O)=S. The van der Waals surface area contributed by atoms with Crippen LogP contribution in [0.2, 0.25) is 0 Å². The lowest BCUT2D eigenvalue weighted by Crippen LogP contribution is -2.20. The van der Waals surface area contributed by atoms with Crippen LogP contribution in [0.5, 0.6) is 0 Å². The highest BCUT2D eigenvalue weighted by atomic mass is 32.1. The molecule has 7 heteroatoms. The molecule has 0 aliphatic heterocycles. The normalized spacial score (nSPS) is 6.90. The number of nitrogens with two attached hydrogens (primary N) is 2. The van der Waals surface area contributed by atoms with Crippen LogP contribution in [0.15, 0.2) is 0 Å². The lowest BCUT2D eigenvalue weighted by molar-refractivity contribution is 0.212. The van der Waals surface area contributed by atoms with E-state index in [1.54, 1.807) is 7.05 Å². The standard InChI is InChI=1S/C2H6N2OS.CH3NOS/c1-4-5-2(3)6;2-1(3)4/h4H,1H3,(H2,3,6);(H3,2,3,4). The van der Waals surface area contributed by atoms with Gasteiger partial charge in [0, 0.05) is 7.05 Å². The van der Waals surface area contributed by atoms with Gasteiger partial charge in [0.25, 0.3) is 10.3 Å². The Kier molecular flexibility index (Phi) is 10.1. The average molecular weight is 183 g/mol. The van der Waals surface area contributed by atoms with E-state index < -0.39 is 5.17 Å². The van der Waals surface area contributed by atoms with E-state index in [-0.39, 0.29) is 5.17 Å². The summed E-state index contributed by atoms with van der Waals surface area (Å²) >= 11 is 8.16. The second-order valence-corrected chi connectivity index (χ2v) is 1.78. The number of thiocarbonyl (C=S) groups is 2. The highest BCUT2D eigenvalue weighted by Crippen LogP contribution is 1.58.